The molecule has 2 aromatic rings. The maximum absolute atomic E-state index is 6.10. The quantitative estimate of drug-likeness (QED) is 0.674. The van der Waals surface area contributed by atoms with Gasteiger partial charge in [0.25, 0.3) is 0 Å². The molecule has 0 fully saturated rings. The van der Waals surface area contributed by atoms with Crippen LogP contribution in [0.15, 0.2) is 24.3 Å². The van der Waals surface area contributed by atoms with Crippen molar-refractivity contribution in [2.45, 2.75) is 13.3 Å². The van der Waals surface area contributed by atoms with Gasteiger partial charge in [-0.2, -0.15) is 4.98 Å². The van der Waals surface area contributed by atoms with Crippen LogP contribution in [0.25, 0.3) is 0 Å². The van der Waals surface area contributed by atoms with E-state index in [0.29, 0.717) is 26.6 Å². The van der Waals surface area contributed by atoms with Crippen molar-refractivity contribution in [3.63, 3.8) is 0 Å². The van der Waals surface area contributed by atoms with Crippen LogP contribution in [-0.2, 0) is 0 Å². The second kappa shape index (κ2) is 7.41. The molecule has 3 nitrogen and oxygen atoms in total. The zero-order chi connectivity index (χ0) is 15.4. The molecule has 0 bridgehead atoms. The number of hydrogen-bond donors (Lipinski definition) is 1. The zero-order valence-electron chi connectivity index (χ0n) is 11.1. The lowest BCUT2D eigenvalue weighted by molar-refractivity contribution is 0.464. The van der Waals surface area contributed by atoms with E-state index >= 15 is 0 Å². The number of benzene rings is 1. The number of nitrogens with zero attached hydrogens (tertiary/aromatic N) is 1. The molecular weight excluding hydrogens is 354 g/mol. The van der Waals surface area contributed by atoms with Crippen LogP contribution in [0.1, 0.15) is 13.3 Å². The lowest BCUT2D eigenvalue weighted by atomic mass is 10.3. The number of aromatic nitrogens is 1. The fourth-order valence-electron chi connectivity index (χ4n) is 1.55. The summed E-state index contributed by atoms with van der Waals surface area (Å²) in [4.78, 5) is 4.28. The molecular formula is C14H12Cl4N2O. The van der Waals surface area contributed by atoms with Crippen molar-refractivity contribution >= 4 is 52.2 Å². The number of ether oxygens (including phenoxy) is 1. The molecule has 1 heterocycles. The SMILES string of the molecule is CCCNc1nc(Oc2cc(Cl)ccc2Cl)c(Cl)cc1Cl. The van der Waals surface area contributed by atoms with Gasteiger partial charge in [0.1, 0.15) is 16.6 Å². The molecule has 0 aliphatic rings. The second-order valence-electron chi connectivity index (χ2n) is 4.21. The van der Waals surface area contributed by atoms with Crippen molar-refractivity contribution in [2.24, 2.45) is 0 Å². The fraction of sp³-hybridized carbons (Fsp3) is 0.214. The summed E-state index contributed by atoms with van der Waals surface area (Å²) in [5.74, 6) is 1.10. The van der Waals surface area contributed by atoms with Crippen LogP contribution in [0.4, 0.5) is 5.82 Å². The Morgan fingerprint density at radius 2 is 1.81 bits per heavy atom. The number of halogens is 4. The van der Waals surface area contributed by atoms with Gasteiger partial charge in [0.05, 0.1) is 10.0 Å². The third kappa shape index (κ3) is 4.30. The van der Waals surface area contributed by atoms with Crippen molar-refractivity contribution < 1.29 is 4.74 Å². The molecule has 0 saturated heterocycles. The summed E-state index contributed by atoms with van der Waals surface area (Å²) < 4.78 is 5.64. The van der Waals surface area contributed by atoms with Crippen molar-refractivity contribution in [3.8, 4) is 11.6 Å². The fourth-order valence-corrected chi connectivity index (χ4v) is 2.33. The Labute approximate surface area is 143 Å². The lowest BCUT2D eigenvalue weighted by Gasteiger charge is -2.12. The van der Waals surface area contributed by atoms with Gasteiger partial charge >= 0.3 is 0 Å². The maximum atomic E-state index is 6.10. The predicted molar refractivity (Wildman–Crippen MR) is 89.6 cm³/mol. The summed E-state index contributed by atoms with van der Waals surface area (Å²) in [6.07, 6.45) is 0.941. The van der Waals surface area contributed by atoms with E-state index in [4.69, 9.17) is 51.1 Å². The van der Waals surface area contributed by atoms with Gasteiger partial charge in [-0.25, -0.2) is 0 Å². The molecule has 0 aliphatic carbocycles. The maximum Gasteiger partial charge on any atom is 0.240 e. The number of nitrogens with one attached hydrogen (secondary N) is 1. The van der Waals surface area contributed by atoms with Gasteiger partial charge in [-0.15, -0.1) is 0 Å². The summed E-state index contributed by atoms with van der Waals surface area (Å²) in [6, 6.07) is 6.47. The van der Waals surface area contributed by atoms with Crippen LogP contribution in [0.2, 0.25) is 20.1 Å². The highest BCUT2D eigenvalue weighted by Gasteiger charge is 2.13. The molecule has 1 aromatic carbocycles. The number of hydrogen-bond acceptors (Lipinski definition) is 3. The molecule has 0 unspecified atom stereocenters. The zero-order valence-corrected chi connectivity index (χ0v) is 14.1. The molecule has 0 atom stereocenters. The van der Waals surface area contributed by atoms with Gasteiger partial charge in [0.15, 0.2) is 0 Å². The summed E-state index contributed by atoms with van der Waals surface area (Å²) in [5.41, 5.74) is 0. The van der Waals surface area contributed by atoms with E-state index < -0.39 is 0 Å². The Bertz CT molecular complexity index is 649. The molecule has 0 radical (unpaired) electrons. The second-order valence-corrected chi connectivity index (χ2v) is 5.87. The van der Waals surface area contributed by atoms with Gasteiger partial charge in [0.2, 0.25) is 5.88 Å². The monoisotopic (exact) mass is 364 g/mol. The van der Waals surface area contributed by atoms with E-state index in [2.05, 4.69) is 10.3 Å². The first-order valence-corrected chi connectivity index (χ1v) is 7.75. The van der Waals surface area contributed by atoms with E-state index in [9.17, 15) is 0 Å². The molecule has 7 heteroatoms. The van der Waals surface area contributed by atoms with E-state index in [1.54, 1.807) is 24.3 Å². The minimum absolute atomic E-state index is 0.212. The number of rotatable bonds is 5. The molecule has 0 aliphatic heterocycles. The summed E-state index contributed by atoms with van der Waals surface area (Å²) in [6.45, 7) is 2.78. The van der Waals surface area contributed by atoms with Gasteiger partial charge in [-0.05, 0) is 24.6 Å². The molecule has 2 rings (SSSR count). The van der Waals surface area contributed by atoms with E-state index in [1.807, 2.05) is 6.92 Å². The van der Waals surface area contributed by atoms with E-state index in [-0.39, 0.29) is 10.9 Å². The third-order valence-electron chi connectivity index (χ3n) is 2.54. The predicted octanol–water partition coefficient (Wildman–Crippen LogP) is 6.31. The number of anilines is 1. The summed E-state index contributed by atoms with van der Waals surface area (Å²) >= 11 is 24.2. The van der Waals surface area contributed by atoms with Crippen LogP contribution in [0.3, 0.4) is 0 Å². The molecule has 1 N–H and O–H groups in total. The van der Waals surface area contributed by atoms with Crippen LogP contribution in [0, 0.1) is 0 Å². The Morgan fingerprint density at radius 3 is 2.52 bits per heavy atom. The van der Waals surface area contributed by atoms with Crippen LogP contribution in [0.5, 0.6) is 11.6 Å². The Balaban J connectivity index is 2.32. The average Bonchev–Trinajstić information content (AvgIpc) is 2.44. The highest BCUT2D eigenvalue weighted by atomic mass is 35.5. The number of pyridine rings is 1. The third-order valence-corrected chi connectivity index (χ3v) is 3.65. The Morgan fingerprint density at radius 1 is 1.05 bits per heavy atom. The van der Waals surface area contributed by atoms with E-state index in [0.717, 1.165) is 13.0 Å². The minimum Gasteiger partial charge on any atom is -0.436 e. The summed E-state index contributed by atoms with van der Waals surface area (Å²) in [5, 5.41) is 4.74. The minimum atomic E-state index is 0.212. The highest BCUT2D eigenvalue weighted by Crippen LogP contribution is 2.36. The Hall–Kier alpha value is -0.870. The molecule has 0 saturated carbocycles. The van der Waals surface area contributed by atoms with Gasteiger partial charge in [-0.1, -0.05) is 53.3 Å². The van der Waals surface area contributed by atoms with Gasteiger partial charge in [-0.3, -0.25) is 0 Å². The van der Waals surface area contributed by atoms with Crippen molar-refractivity contribution in [1.29, 1.82) is 0 Å². The molecule has 21 heavy (non-hydrogen) atoms. The van der Waals surface area contributed by atoms with Crippen LogP contribution < -0.4 is 10.1 Å². The molecule has 1 aromatic heterocycles. The van der Waals surface area contributed by atoms with Crippen molar-refractivity contribution in [3.05, 3.63) is 44.4 Å². The first-order chi connectivity index (χ1) is 10.0. The van der Waals surface area contributed by atoms with Crippen molar-refractivity contribution in [2.75, 3.05) is 11.9 Å². The van der Waals surface area contributed by atoms with Crippen LogP contribution >= 0.6 is 46.4 Å². The van der Waals surface area contributed by atoms with Crippen LogP contribution in [-0.4, -0.2) is 11.5 Å². The highest BCUT2D eigenvalue weighted by molar-refractivity contribution is 6.37. The largest absolute Gasteiger partial charge is 0.436 e. The molecule has 0 spiro atoms. The standard InChI is InChI=1S/C14H12Cl4N2O/c1-2-5-19-13-10(17)7-11(18)14(20-13)21-12-6-8(15)3-4-9(12)16/h3-4,6-7H,2,5H2,1H3,(H,19,20). The average molecular weight is 366 g/mol. The first kappa shape index (κ1) is 16.5. The van der Waals surface area contributed by atoms with Gasteiger partial charge < -0.3 is 10.1 Å². The normalized spacial score (nSPS) is 10.5. The van der Waals surface area contributed by atoms with Gasteiger partial charge in [0, 0.05) is 17.6 Å². The topological polar surface area (TPSA) is 34.2 Å². The summed E-state index contributed by atoms with van der Waals surface area (Å²) in [7, 11) is 0. The van der Waals surface area contributed by atoms with Crippen molar-refractivity contribution in [1.82, 2.24) is 4.98 Å². The smallest absolute Gasteiger partial charge is 0.240 e. The van der Waals surface area contributed by atoms with E-state index in [1.165, 1.54) is 0 Å². The lowest BCUT2D eigenvalue weighted by Crippen LogP contribution is -2.03. The molecule has 112 valence electrons. The Kier molecular flexibility index (Phi) is 5.82. The first-order valence-electron chi connectivity index (χ1n) is 6.24. The molecule has 0 amide bonds.